The van der Waals surface area contributed by atoms with Gasteiger partial charge >= 0.3 is 0 Å². The van der Waals surface area contributed by atoms with E-state index in [0.717, 1.165) is 4.90 Å². The number of carbonyl (C=O) groups excluding carboxylic acids is 1. The molecule has 2 aromatic rings. The molecular formula is C14H14N2O2S. The molecule has 98 valence electrons. The number of rotatable bonds is 4. The van der Waals surface area contributed by atoms with Crippen molar-refractivity contribution in [1.29, 1.82) is 0 Å². The molecule has 0 saturated heterocycles. The van der Waals surface area contributed by atoms with Crippen molar-refractivity contribution < 1.29 is 9.53 Å². The van der Waals surface area contributed by atoms with Gasteiger partial charge in [0.05, 0.1) is 11.3 Å². The van der Waals surface area contributed by atoms with E-state index in [0.29, 0.717) is 17.2 Å². The fourth-order valence-corrected chi connectivity index (χ4v) is 2.03. The van der Waals surface area contributed by atoms with Gasteiger partial charge in [0.25, 0.3) is 5.91 Å². The van der Waals surface area contributed by atoms with E-state index in [9.17, 15) is 4.79 Å². The number of nitrogen functional groups attached to an aromatic ring is 1. The first kappa shape index (κ1) is 13.3. The molecule has 5 heteroatoms. The summed E-state index contributed by atoms with van der Waals surface area (Å²) in [6.45, 7) is 0. The number of primary amides is 1. The summed E-state index contributed by atoms with van der Waals surface area (Å²) < 4.78 is 5.67. The highest BCUT2D eigenvalue weighted by molar-refractivity contribution is 7.98. The number of hydrogen-bond donors (Lipinski definition) is 2. The van der Waals surface area contributed by atoms with Crippen molar-refractivity contribution in [3.63, 3.8) is 0 Å². The highest BCUT2D eigenvalue weighted by atomic mass is 32.2. The number of hydrogen-bond acceptors (Lipinski definition) is 4. The number of nitrogens with two attached hydrogens (primary N) is 2. The highest BCUT2D eigenvalue weighted by Gasteiger charge is 2.13. The van der Waals surface area contributed by atoms with Crippen LogP contribution in [-0.2, 0) is 0 Å². The predicted molar refractivity (Wildman–Crippen MR) is 77.7 cm³/mol. The number of anilines is 1. The number of ether oxygens (including phenoxy) is 1. The minimum Gasteiger partial charge on any atom is -0.454 e. The van der Waals surface area contributed by atoms with E-state index >= 15 is 0 Å². The normalized spacial score (nSPS) is 10.2. The number of carbonyl (C=O) groups is 1. The molecule has 0 fully saturated rings. The van der Waals surface area contributed by atoms with Gasteiger partial charge in [-0.15, -0.1) is 11.8 Å². The van der Waals surface area contributed by atoms with Gasteiger partial charge in [-0.05, 0) is 42.7 Å². The highest BCUT2D eigenvalue weighted by Crippen LogP contribution is 2.31. The summed E-state index contributed by atoms with van der Waals surface area (Å²) >= 11 is 1.64. The first-order valence-electron chi connectivity index (χ1n) is 5.62. The van der Waals surface area contributed by atoms with E-state index in [1.165, 1.54) is 0 Å². The van der Waals surface area contributed by atoms with Crippen LogP contribution in [0.3, 0.4) is 0 Å². The predicted octanol–water partition coefficient (Wildman–Crippen LogP) is 2.88. The number of thioether (sulfide) groups is 1. The second kappa shape index (κ2) is 5.67. The second-order valence-electron chi connectivity index (χ2n) is 3.87. The zero-order chi connectivity index (χ0) is 13.8. The maximum Gasteiger partial charge on any atom is 0.252 e. The summed E-state index contributed by atoms with van der Waals surface area (Å²) in [5, 5.41) is 0. The quantitative estimate of drug-likeness (QED) is 0.663. The Morgan fingerprint density at radius 3 is 2.42 bits per heavy atom. The van der Waals surface area contributed by atoms with Crippen LogP contribution < -0.4 is 16.2 Å². The third-order valence-electron chi connectivity index (χ3n) is 2.59. The Kier molecular flexibility index (Phi) is 3.97. The van der Waals surface area contributed by atoms with Crippen LogP contribution in [0.5, 0.6) is 11.5 Å². The molecular weight excluding hydrogens is 260 g/mol. The molecule has 0 spiro atoms. The van der Waals surface area contributed by atoms with Crippen LogP contribution in [0.25, 0.3) is 0 Å². The van der Waals surface area contributed by atoms with Crippen molar-refractivity contribution in [3.8, 4) is 11.5 Å². The smallest absolute Gasteiger partial charge is 0.252 e. The summed E-state index contributed by atoms with van der Waals surface area (Å²) in [6.07, 6.45) is 2.00. The molecule has 0 radical (unpaired) electrons. The van der Waals surface area contributed by atoms with E-state index in [1.807, 2.05) is 30.5 Å². The average molecular weight is 274 g/mol. The third kappa shape index (κ3) is 3.00. The lowest BCUT2D eigenvalue weighted by Crippen LogP contribution is -2.13. The lowest BCUT2D eigenvalue weighted by molar-refractivity contribution is 0.0998. The second-order valence-corrected chi connectivity index (χ2v) is 4.75. The Labute approximate surface area is 115 Å². The first-order valence-corrected chi connectivity index (χ1v) is 6.84. The van der Waals surface area contributed by atoms with Crippen molar-refractivity contribution in [2.45, 2.75) is 4.90 Å². The van der Waals surface area contributed by atoms with E-state index < -0.39 is 5.91 Å². The van der Waals surface area contributed by atoms with Crippen LogP contribution in [0.15, 0.2) is 47.4 Å². The van der Waals surface area contributed by atoms with Gasteiger partial charge in [0, 0.05) is 4.90 Å². The SMILES string of the molecule is CSc1ccc(Oc2c(N)cccc2C(N)=O)cc1. The molecule has 0 aliphatic heterocycles. The summed E-state index contributed by atoms with van der Waals surface area (Å²) in [4.78, 5) is 12.5. The topological polar surface area (TPSA) is 78.3 Å². The Morgan fingerprint density at radius 2 is 1.84 bits per heavy atom. The summed E-state index contributed by atoms with van der Waals surface area (Å²) in [7, 11) is 0. The molecule has 0 unspecified atom stereocenters. The van der Waals surface area contributed by atoms with Crippen molar-refractivity contribution in [1.82, 2.24) is 0 Å². The summed E-state index contributed by atoms with van der Waals surface area (Å²) in [5.41, 5.74) is 11.8. The van der Waals surface area contributed by atoms with Crippen molar-refractivity contribution >= 4 is 23.4 Å². The number of para-hydroxylation sites is 1. The number of amides is 1. The molecule has 2 rings (SSSR count). The molecule has 0 atom stereocenters. The van der Waals surface area contributed by atoms with Crippen LogP contribution in [0, 0.1) is 0 Å². The molecule has 19 heavy (non-hydrogen) atoms. The van der Waals surface area contributed by atoms with Gasteiger partial charge in [0.2, 0.25) is 0 Å². The molecule has 0 heterocycles. The fraction of sp³-hybridized carbons (Fsp3) is 0.0714. The minimum absolute atomic E-state index is 0.272. The van der Waals surface area contributed by atoms with Gasteiger partial charge in [-0.3, -0.25) is 4.79 Å². The van der Waals surface area contributed by atoms with Crippen LogP contribution >= 0.6 is 11.8 Å². The van der Waals surface area contributed by atoms with Crippen molar-refractivity contribution in [2.24, 2.45) is 5.73 Å². The average Bonchev–Trinajstić information content (AvgIpc) is 2.41. The molecule has 0 aliphatic rings. The maximum absolute atomic E-state index is 11.3. The standard InChI is InChI=1S/C14H14N2O2S/c1-19-10-7-5-9(6-8-10)18-13-11(14(16)17)3-2-4-12(13)15/h2-8H,15H2,1H3,(H2,16,17). The molecule has 0 aromatic heterocycles. The van der Waals surface area contributed by atoms with Gasteiger partial charge in [-0.1, -0.05) is 6.07 Å². The molecule has 0 aliphatic carbocycles. The molecule has 2 aromatic carbocycles. The third-order valence-corrected chi connectivity index (χ3v) is 3.33. The van der Waals surface area contributed by atoms with Crippen LogP contribution in [-0.4, -0.2) is 12.2 Å². The summed E-state index contributed by atoms with van der Waals surface area (Å²) in [6, 6.07) is 12.4. The van der Waals surface area contributed by atoms with Crippen LogP contribution in [0.1, 0.15) is 10.4 Å². The maximum atomic E-state index is 11.3. The Morgan fingerprint density at radius 1 is 1.16 bits per heavy atom. The Balaban J connectivity index is 2.34. The molecule has 1 amide bonds. The van der Waals surface area contributed by atoms with Gasteiger partial charge in [-0.2, -0.15) is 0 Å². The van der Waals surface area contributed by atoms with E-state index in [4.69, 9.17) is 16.2 Å². The molecule has 4 nitrogen and oxygen atoms in total. The van der Waals surface area contributed by atoms with E-state index in [-0.39, 0.29) is 5.56 Å². The number of benzene rings is 2. The Hall–Kier alpha value is -2.14. The van der Waals surface area contributed by atoms with Crippen LogP contribution in [0.4, 0.5) is 5.69 Å². The van der Waals surface area contributed by atoms with Gasteiger partial charge in [0.1, 0.15) is 5.75 Å². The van der Waals surface area contributed by atoms with E-state index in [1.54, 1.807) is 30.0 Å². The van der Waals surface area contributed by atoms with Gasteiger partial charge in [-0.25, -0.2) is 0 Å². The monoisotopic (exact) mass is 274 g/mol. The van der Waals surface area contributed by atoms with Gasteiger partial charge in [0.15, 0.2) is 5.75 Å². The lowest BCUT2D eigenvalue weighted by Gasteiger charge is -2.11. The molecule has 4 N–H and O–H groups in total. The first-order chi connectivity index (χ1) is 9.11. The van der Waals surface area contributed by atoms with Crippen molar-refractivity contribution in [3.05, 3.63) is 48.0 Å². The van der Waals surface area contributed by atoms with Crippen molar-refractivity contribution in [2.75, 3.05) is 12.0 Å². The summed E-state index contributed by atoms with van der Waals surface area (Å²) in [5.74, 6) is 0.341. The molecule has 0 saturated carbocycles. The van der Waals surface area contributed by atoms with Crippen LogP contribution in [0.2, 0.25) is 0 Å². The minimum atomic E-state index is -0.567. The zero-order valence-electron chi connectivity index (χ0n) is 10.4. The molecule has 0 bridgehead atoms. The Bertz CT molecular complexity index is 597. The van der Waals surface area contributed by atoms with Gasteiger partial charge < -0.3 is 16.2 Å². The largest absolute Gasteiger partial charge is 0.454 e. The lowest BCUT2D eigenvalue weighted by atomic mass is 10.1. The fourth-order valence-electron chi connectivity index (χ4n) is 1.62. The zero-order valence-corrected chi connectivity index (χ0v) is 11.2. The van der Waals surface area contributed by atoms with E-state index in [2.05, 4.69) is 0 Å².